The molecule has 110 valence electrons. The molecule has 0 spiro atoms. The normalized spacial score (nSPS) is 10.5. The maximum atomic E-state index is 13.5. The minimum Gasteiger partial charge on any atom is -0.486 e. The van der Waals surface area contributed by atoms with Crippen LogP contribution in [0.25, 0.3) is 0 Å². The van der Waals surface area contributed by atoms with E-state index in [9.17, 15) is 9.18 Å². The molecule has 0 aromatic heterocycles. The maximum absolute atomic E-state index is 13.5. The van der Waals surface area contributed by atoms with Crippen molar-refractivity contribution in [2.45, 2.75) is 6.61 Å². The predicted molar refractivity (Wildman–Crippen MR) is 79.2 cm³/mol. The topological polar surface area (TPSA) is 46.5 Å². The number of carboxylic acids is 1. The van der Waals surface area contributed by atoms with Crippen molar-refractivity contribution in [2.24, 2.45) is 0 Å². The Bertz CT molecular complexity index is 681. The summed E-state index contributed by atoms with van der Waals surface area (Å²) in [6.07, 6.45) is 0. The van der Waals surface area contributed by atoms with Gasteiger partial charge in [0.2, 0.25) is 0 Å². The average Bonchev–Trinajstić information content (AvgIpc) is 2.36. The van der Waals surface area contributed by atoms with Crippen LogP contribution in [-0.4, -0.2) is 11.1 Å². The lowest BCUT2D eigenvalue weighted by Crippen LogP contribution is -2.03. The molecule has 0 fully saturated rings. The lowest BCUT2D eigenvalue weighted by Gasteiger charge is -2.11. The zero-order valence-electron chi connectivity index (χ0n) is 10.4. The van der Waals surface area contributed by atoms with Crippen molar-refractivity contribution in [2.75, 3.05) is 0 Å². The molecule has 21 heavy (non-hydrogen) atoms. The molecule has 3 nitrogen and oxygen atoms in total. The highest BCUT2D eigenvalue weighted by Crippen LogP contribution is 2.36. The average molecular weight is 350 g/mol. The molecule has 0 heterocycles. The predicted octanol–water partition coefficient (Wildman–Crippen LogP) is 5.06. The fourth-order valence-electron chi connectivity index (χ4n) is 1.64. The van der Waals surface area contributed by atoms with E-state index in [1.165, 1.54) is 24.3 Å². The first-order valence-electron chi connectivity index (χ1n) is 5.67. The zero-order chi connectivity index (χ0) is 15.6. The Morgan fingerprint density at radius 1 is 1.14 bits per heavy atom. The molecule has 2 aromatic carbocycles. The molecule has 0 saturated heterocycles. The number of halogens is 4. The van der Waals surface area contributed by atoms with E-state index >= 15 is 0 Å². The Morgan fingerprint density at radius 3 is 2.29 bits per heavy atom. The molecule has 1 N–H and O–H groups in total. The number of carboxylic acid groups (broad SMARTS) is 1. The van der Waals surface area contributed by atoms with Crippen LogP contribution in [0, 0.1) is 5.82 Å². The van der Waals surface area contributed by atoms with Gasteiger partial charge in [0.25, 0.3) is 0 Å². The second-order valence-electron chi connectivity index (χ2n) is 4.11. The van der Waals surface area contributed by atoms with Crippen LogP contribution in [0.1, 0.15) is 15.9 Å². The van der Waals surface area contributed by atoms with Gasteiger partial charge in [0.1, 0.15) is 12.4 Å². The third-order valence-corrected chi connectivity index (χ3v) is 3.39. The first kappa shape index (κ1) is 15.9. The summed E-state index contributed by atoms with van der Waals surface area (Å²) >= 11 is 17.7. The van der Waals surface area contributed by atoms with E-state index < -0.39 is 17.3 Å². The van der Waals surface area contributed by atoms with E-state index in [0.29, 0.717) is 10.6 Å². The molecule has 0 bridgehead atoms. The van der Waals surface area contributed by atoms with Crippen molar-refractivity contribution in [1.29, 1.82) is 0 Å². The van der Waals surface area contributed by atoms with Crippen LogP contribution in [0.2, 0.25) is 15.1 Å². The number of carbonyl (C=O) groups is 1. The Labute approximate surface area is 134 Å². The van der Waals surface area contributed by atoms with Gasteiger partial charge in [-0.25, -0.2) is 9.18 Å². The van der Waals surface area contributed by atoms with Crippen LogP contribution in [-0.2, 0) is 6.61 Å². The van der Waals surface area contributed by atoms with E-state index in [4.69, 9.17) is 44.6 Å². The van der Waals surface area contributed by atoms with Gasteiger partial charge in [-0.15, -0.1) is 0 Å². The number of aromatic carboxylic acids is 1. The van der Waals surface area contributed by atoms with E-state index in [0.717, 1.165) is 6.07 Å². The Morgan fingerprint density at radius 2 is 1.76 bits per heavy atom. The van der Waals surface area contributed by atoms with Gasteiger partial charge in [0.05, 0.1) is 15.6 Å². The van der Waals surface area contributed by atoms with Crippen molar-refractivity contribution in [3.05, 3.63) is 62.3 Å². The summed E-state index contributed by atoms with van der Waals surface area (Å²) in [6.45, 7) is -0.0160. The van der Waals surface area contributed by atoms with Gasteiger partial charge >= 0.3 is 5.97 Å². The molecule has 0 unspecified atom stereocenters. The highest BCUT2D eigenvalue weighted by molar-refractivity contribution is 6.40. The highest BCUT2D eigenvalue weighted by Gasteiger charge is 2.12. The molecule has 0 aliphatic carbocycles. The first-order chi connectivity index (χ1) is 9.88. The third-order valence-electron chi connectivity index (χ3n) is 2.61. The minimum absolute atomic E-state index is 0.0160. The van der Waals surface area contributed by atoms with Crippen molar-refractivity contribution in [3.63, 3.8) is 0 Å². The lowest BCUT2D eigenvalue weighted by molar-refractivity contribution is 0.0692. The van der Waals surface area contributed by atoms with E-state index in [1.807, 2.05) is 0 Å². The molecule has 2 rings (SSSR count). The molecule has 2 aromatic rings. The molecular weight excluding hydrogens is 342 g/mol. The van der Waals surface area contributed by atoms with Gasteiger partial charge in [-0.2, -0.15) is 0 Å². The van der Waals surface area contributed by atoms with E-state index in [-0.39, 0.29) is 22.4 Å². The van der Waals surface area contributed by atoms with Crippen LogP contribution in [0.15, 0.2) is 30.3 Å². The van der Waals surface area contributed by atoms with Gasteiger partial charge in [-0.3, -0.25) is 0 Å². The highest BCUT2D eigenvalue weighted by atomic mass is 35.5. The fraction of sp³-hybridized carbons (Fsp3) is 0.0714. The van der Waals surface area contributed by atoms with Gasteiger partial charge in [-0.05, 0) is 29.8 Å². The molecule has 7 heteroatoms. The lowest BCUT2D eigenvalue weighted by atomic mass is 10.1. The van der Waals surface area contributed by atoms with Crippen molar-refractivity contribution < 1.29 is 19.0 Å². The van der Waals surface area contributed by atoms with Crippen LogP contribution in [0.3, 0.4) is 0 Å². The smallest absolute Gasteiger partial charge is 0.338 e. The fourth-order valence-corrected chi connectivity index (χ4v) is 2.57. The minimum atomic E-state index is -1.33. The number of rotatable bonds is 4. The van der Waals surface area contributed by atoms with Crippen LogP contribution >= 0.6 is 34.8 Å². The van der Waals surface area contributed by atoms with Crippen LogP contribution < -0.4 is 4.74 Å². The summed E-state index contributed by atoms with van der Waals surface area (Å²) in [4.78, 5) is 10.7. The molecule has 0 aliphatic rings. The number of ether oxygens (including phenoxy) is 1. The first-order valence-corrected chi connectivity index (χ1v) is 6.81. The van der Waals surface area contributed by atoms with E-state index in [2.05, 4.69) is 0 Å². The second-order valence-corrected chi connectivity index (χ2v) is 5.36. The maximum Gasteiger partial charge on any atom is 0.338 e. The summed E-state index contributed by atoms with van der Waals surface area (Å²) in [5, 5.41) is 9.58. The van der Waals surface area contributed by atoms with Crippen LogP contribution in [0.4, 0.5) is 4.39 Å². The second kappa shape index (κ2) is 6.52. The van der Waals surface area contributed by atoms with Crippen molar-refractivity contribution in [3.8, 4) is 5.75 Å². The number of hydrogen-bond acceptors (Lipinski definition) is 2. The summed E-state index contributed by atoms with van der Waals surface area (Å²) in [5.41, 5.74) is 0.0425. The zero-order valence-corrected chi connectivity index (χ0v) is 12.6. The van der Waals surface area contributed by atoms with E-state index in [1.54, 1.807) is 0 Å². The number of benzene rings is 2. The molecule has 0 saturated carbocycles. The molecule has 0 amide bonds. The molecule has 0 aliphatic heterocycles. The van der Waals surface area contributed by atoms with Gasteiger partial charge in [-0.1, -0.05) is 40.9 Å². The molecule has 0 atom stereocenters. The summed E-state index contributed by atoms with van der Waals surface area (Å²) in [7, 11) is 0. The van der Waals surface area contributed by atoms with Crippen LogP contribution in [0.5, 0.6) is 5.75 Å². The van der Waals surface area contributed by atoms with Gasteiger partial charge in [0.15, 0.2) is 5.75 Å². The Hall–Kier alpha value is -1.49. The Balaban J connectivity index is 2.17. The van der Waals surface area contributed by atoms with Gasteiger partial charge in [0, 0.05) is 5.02 Å². The molecule has 0 radical (unpaired) electrons. The monoisotopic (exact) mass is 348 g/mol. The quantitative estimate of drug-likeness (QED) is 0.839. The summed E-state index contributed by atoms with van der Waals surface area (Å²) < 4.78 is 19.0. The largest absolute Gasteiger partial charge is 0.486 e. The van der Waals surface area contributed by atoms with Crippen molar-refractivity contribution >= 4 is 40.8 Å². The summed E-state index contributed by atoms with van der Waals surface area (Å²) in [5.74, 6) is -1.94. The molecular formula is C14H8Cl3FO3. The standard InChI is InChI=1S/C14H8Cl3FO3/c15-8-4-10(16)13(11(17)5-8)21-6-7-1-2-9(14(19)20)12(18)3-7/h1-5H,6H2,(H,19,20). The van der Waals surface area contributed by atoms with Crippen molar-refractivity contribution in [1.82, 2.24) is 0 Å². The Kier molecular flexibility index (Phi) is 4.93. The SMILES string of the molecule is O=C(O)c1ccc(COc2c(Cl)cc(Cl)cc2Cl)cc1F. The third kappa shape index (κ3) is 3.79. The van der Waals surface area contributed by atoms with Gasteiger partial charge < -0.3 is 9.84 Å². The number of hydrogen-bond donors (Lipinski definition) is 1. The summed E-state index contributed by atoms with van der Waals surface area (Å²) in [6, 6.07) is 6.64.